The van der Waals surface area contributed by atoms with E-state index in [9.17, 15) is 0 Å². The molecule has 2 aliphatic rings. The van der Waals surface area contributed by atoms with Crippen LogP contribution in [0.4, 0.5) is 11.4 Å². The molecule has 40 heavy (non-hydrogen) atoms. The van der Waals surface area contributed by atoms with Crippen LogP contribution in [0.2, 0.25) is 5.02 Å². The zero-order valence-electron chi connectivity index (χ0n) is 23.6. The fraction of sp³-hybridized carbons (Fsp3) is 0.438. The van der Waals surface area contributed by atoms with Crippen molar-refractivity contribution in [2.75, 3.05) is 57.3 Å². The van der Waals surface area contributed by atoms with Crippen LogP contribution in [0.15, 0.2) is 76.5 Å². The van der Waals surface area contributed by atoms with Crippen molar-refractivity contribution in [3.63, 3.8) is 0 Å². The number of nitrogens with two attached hydrogens (primary N) is 1. The van der Waals surface area contributed by atoms with Crippen LogP contribution >= 0.6 is 23.4 Å². The van der Waals surface area contributed by atoms with Crippen molar-refractivity contribution in [2.45, 2.75) is 42.7 Å². The molecular weight excluding hydrogens is 540 g/mol. The normalized spacial score (nSPS) is 16.5. The van der Waals surface area contributed by atoms with Gasteiger partial charge in [-0.05, 0) is 73.5 Å². The minimum Gasteiger partial charge on any atom is -0.492 e. The van der Waals surface area contributed by atoms with Crippen molar-refractivity contribution >= 4 is 34.7 Å². The van der Waals surface area contributed by atoms with Crippen molar-refractivity contribution in [2.24, 2.45) is 11.7 Å². The molecule has 0 radical (unpaired) electrons. The molecule has 2 N–H and O–H groups in total. The van der Waals surface area contributed by atoms with Crippen molar-refractivity contribution in [3.05, 3.63) is 71.8 Å². The Kier molecular flexibility index (Phi) is 10.2. The SMILES string of the molecule is CC(C)CC(N)Oc1ccc(OCCN2CCN(CCCN3c4ccccc4Sc4ccc(Cl)cc43)CC2)cc1. The lowest BCUT2D eigenvalue weighted by atomic mass is 10.1. The highest BCUT2D eigenvalue weighted by atomic mass is 35.5. The molecule has 3 aromatic rings. The molecule has 2 heterocycles. The van der Waals surface area contributed by atoms with Gasteiger partial charge in [0.05, 0.1) is 11.4 Å². The molecule has 0 amide bonds. The summed E-state index contributed by atoms with van der Waals surface area (Å²) in [4.78, 5) is 10.1. The lowest BCUT2D eigenvalue weighted by molar-refractivity contribution is 0.116. The maximum atomic E-state index is 6.38. The van der Waals surface area contributed by atoms with Gasteiger partial charge in [0.1, 0.15) is 24.3 Å². The van der Waals surface area contributed by atoms with Crippen molar-refractivity contribution < 1.29 is 9.47 Å². The Morgan fingerprint density at radius 3 is 2.25 bits per heavy atom. The molecule has 1 fully saturated rings. The van der Waals surface area contributed by atoms with E-state index in [0.717, 1.165) is 75.2 Å². The predicted octanol–water partition coefficient (Wildman–Crippen LogP) is 6.74. The number of piperazine rings is 1. The van der Waals surface area contributed by atoms with E-state index in [1.165, 1.54) is 21.2 Å². The van der Waals surface area contributed by atoms with E-state index in [1.54, 1.807) is 0 Å². The molecular formula is C32H41ClN4O2S. The molecule has 0 bridgehead atoms. The van der Waals surface area contributed by atoms with Crippen LogP contribution in [-0.4, -0.2) is 68.4 Å². The Labute approximate surface area is 248 Å². The number of fused-ring (bicyclic) bond motifs is 2. The van der Waals surface area contributed by atoms with Crippen LogP contribution in [0, 0.1) is 5.92 Å². The average Bonchev–Trinajstić information content (AvgIpc) is 2.94. The smallest absolute Gasteiger partial charge is 0.147 e. The number of benzene rings is 3. The second kappa shape index (κ2) is 14.0. The number of hydrogen-bond donors (Lipinski definition) is 1. The van der Waals surface area contributed by atoms with Gasteiger partial charge in [0.25, 0.3) is 0 Å². The van der Waals surface area contributed by atoms with E-state index in [0.29, 0.717) is 12.5 Å². The van der Waals surface area contributed by atoms with Crippen LogP contribution < -0.4 is 20.1 Å². The molecule has 6 nitrogen and oxygen atoms in total. The van der Waals surface area contributed by atoms with Gasteiger partial charge >= 0.3 is 0 Å². The van der Waals surface area contributed by atoms with Crippen LogP contribution in [0.3, 0.4) is 0 Å². The molecule has 0 spiro atoms. The first-order valence-corrected chi connectivity index (χ1v) is 15.6. The van der Waals surface area contributed by atoms with E-state index >= 15 is 0 Å². The largest absolute Gasteiger partial charge is 0.492 e. The van der Waals surface area contributed by atoms with Crippen molar-refractivity contribution in [1.29, 1.82) is 0 Å². The highest BCUT2D eigenvalue weighted by Crippen LogP contribution is 2.48. The summed E-state index contributed by atoms with van der Waals surface area (Å²) in [5, 5.41) is 0.789. The third-order valence-corrected chi connectivity index (χ3v) is 8.77. The third-order valence-electron chi connectivity index (χ3n) is 7.40. The second-order valence-corrected chi connectivity index (χ2v) is 12.5. The van der Waals surface area contributed by atoms with Crippen LogP contribution in [0.1, 0.15) is 26.7 Å². The molecule has 214 valence electrons. The van der Waals surface area contributed by atoms with Crippen molar-refractivity contribution in [1.82, 2.24) is 9.80 Å². The van der Waals surface area contributed by atoms with E-state index in [4.69, 9.17) is 26.8 Å². The van der Waals surface area contributed by atoms with Gasteiger partial charge in [-0.3, -0.25) is 10.6 Å². The number of halogens is 1. The molecule has 3 aromatic carbocycles. The zero-order chi connectivity index (χ0) is 27.9. The molecule has 0 aromatic heterocycles. The molecule has 5 rings (SSSR count). The number of ether oxygens (including phenoxy) is 2. The quantitative estimate of drug-likeness (QED) is 0.238. The standard InChI is InChI=1S/C32H41ClN4O2S/c1-24(2)22-32(34)39-27-11-9-26(10-12-27)38-21-20-36-18-16-35(17-19-36)14-5-15-37-28-6-3-4-7-30(28)40-31-13-8-25(33)23-29(31)37/h3-4,6-13,23-24,32H,5,14-22,34H2,1-2H3. The summed E-state index contributed by atoms with van der Waals surface area (Å²) in [5.74, 6) is 2.16. The summed E-state index contributed by atoms with van der Waals surface area (Å²) in [5.41, 5.74) is 8.55. The molecule has 1 atom stereocenters. The summed E-state index contributed by atoms with van der Waals surface area (Å²) in [6, 6.07) is 22.7. The summed E-state index contributed by atoms with van der Waals surface area (Å²) in [6.07, 6.45) is 1.67. The number of nitrogens with zero attached hydrogens (tertiary/aromatic N) is 3. The third kappa shape index (κ3) is 7.86. The van der Waals surface area contributed by atoms with E-state index in [-0.39, 0.29) is 6.23 Å². The summed E-state index contributed by atoms with van der Waals surface area (Å²) in [7, 11) is 0. The summed E-state index contributed by atoms with van der Waals surface area (Å²) < 4.78 is 11.8. The fourth-order valence-corrected chi connectivity index (χ4v) is 6.57. The van der Waals surface area contributed by atoms with E-state index in [1.807, 2.05) is 42.1 Å². The number of hydrogen-bond acceptors (Lipinski definition) is 7. The zero-order valence-corrected chi connectivity index (χ0v) is 25.2. The Hall–Kier alpha value is -2.42. The summed E-state index contributed by atoms with van der Waals surface area (Å²) in [6.45, 7) is 12.3. The molecule has 1 saturated heterocycles. The summed E-state index contributed by atoms with van der Waals surface area (Å²) >= 11 is 8.21. The first kappa shape index (κ1) is 29.1. The monoisotopic (exact) mass is 580 g/mol. The Bertz CT molecular complexity index is 1230. The molecule has 1 unspecified atom stereocenters. The first-order valence-electron chi connectivity index (χ1n) is 14.4. The van der Waals surface area contributed by atoms with E-state index < -0.39 is 0 Å². The van der Waals surface area contributed by atoms with Gasteiger partial charge in [0, 0.05) is 60.5 Å². The van der Waals surface area contributed by atoms with Gasteiger partial charge in [-0.25, -0.2) is 0 Å². The topological polar surface area (TPSA) is 54.2 Å². The number of anilines is 2. The maximum absolute atomic E-state index is 6.38. The van der Waals surface area contributed by atoms with Gasteiger partial charge in [0.2, 0.25) is 0 Å². The average molecular weight is 581 g/mol. The molecule has 8 heteroatoms. The van der Waals surface area contributed by atoms with Crippen LogP contribution in [0.25, 0.3) is 0 Å². The van der Waals surface area contributed by atoms with E-state index in [2.05, 4.69) is 64.9 Å². The van der Waals surface area contributed by atoms with Gasteiger partial charge in [-0.15, -0.1) is 0 Å². The second-order valence-electron chi connectivity index (χ2n) is 11.0. The Morgan fingerprint density at radius 1 is 0.825 bits per heavy atom. The lowest BCUT2D eigenvalue weighted by Gasteiger charge is -2.36. The number of rotatable bonds is 12. The minimum atomic E-state index is -0.276. The molecule has 2 aliphatic heterocycles. The van der Waals surface area contributed by atoms with Gasteiger partial charge < -0.3 is 19.3 Å². The fourth-order valence-electron chi connectivity index (χ4n) is 5.33. The highest BCUT2D eigenvalue weighted by molar-refractivity contribution is 7.99. The molecule has 0 aliphatic carbocycles. The lowest BCUT2D eigenvalue weighted by Crippen LogP contribution is -2.47. The Morgan fingerprint density at radius 2 is 1.50 bits per heavy atom. The van der Waals surface area contributed by atoms with Crippen LogP contribution in [0.5, 0.6) is 11.5 Å². The number of para-hydroxylation sites is 1. The maximum Gasteiger partial charge on any atom is 0.147 e. The molecule has 0 saturated carbocycles. The highest BCUT2D eigenvalue weighted by Gasteiger charge is 2.24. The van der Waals surface area contributed by atoms with Crippen molar-refractivity contribution in [3.8, 4) is 11.5 Å². The Balaban J connectivity index is 1.02. The van der Waals surface area contributed by atoms with Gasteiger partial charge in [-0.1, -0.05) is 49.3 Å². The predicted molar refractivity (Wildman–Crippen MR) is 167 cm³/mol. The van der Waals surface area contributed by atoms with Gasteiger partial charge in [0.15, 0.2) is 0 Å². The first-order chi connectivity index (χ1) is 19.4. The van der Waals surface area contributed by atoms with Crippen LogP contribution in [-0.2, 0) is 0 Å². The minimum absolute atomic E-state index is 0.276. The van der Waals surface area contributed by atoms with Gasteiger partial charge in [-0.2, -0.15) is 0 Å².